The van der Waals surface area contributed by atoms with E-state index in [9.17, 15) is 4.79 Å². The summed E-state index contributed by atoms with van der Waals surface area (Å²) >= 11 is 0. The third-order valence-corrected chi connectivity index (χ3v) is 4.39. The molecule has 2 aliphatic rings. The summed E-state index contributed by atoms with van der Waals surface area (Å²) in [5.74, 6) is 0.971. The number of rotatable bonds is 3. The summed E-state index contributed by atoms with van der Waals surface area (Å²) in [4.78, 5) is 14.0. The maximum atomic E-state index is 12.1. The van der Waals surface area contributed by atoms with E-state index in [1.54, 1.807) is 0 Å². The molecule has 0 radical (unpaired) electrons. The van der Waals surface area contributed by atoms with Gasteiger partial charge < -0.3 is 9.64 Å². The smallest absolute Gasteiger partial charge is 0.260 e. The van der Waals surface area contributed by atoms with Crippen molar-refractivity contribution >= 4 is 5.91 Å². The summed E-state index contributed by atoms with van der Waals surface area (Å²) in [6.45, 7) is 1.97. The molecule has 1 saturated heterocycles. The lowest BCUT2D eigenvalue weighted by molar-refractivity contribution is -0.134. The van der Waals surface area contributed by atoms with Crippen molar-refractivity contribution < 1.29 is 9.53 Å². The SMILES string of the molecule is O=C(COc1ccc2c(c1)CCCC2)N1CCCCC1. The summed E-state index contributed by atoms with van der Waals surface area (Å²) in [5.41, 5.74) is 2.85. The lowest BCUT2D eigenvalue weighted by atomic mass is 9.92. The second-order valence-corrected chi connectivity index (χ2v) is 5.87. The van der Waals surface area contributed by atoms with Crippen LogP contribution in [-0.2, 0) is 17.6 Å². The molecule has 1 aromatic rings. The maximum Gasteiger partial charge on any atom is 0.260 e. The molecule has 3 rings (SSSR count). The van der Waals surface area contributed by atoms with Crippen LogP contribution in [0.1, 0.15) is 43.2 Å². The van der Waals surface area contributed by atoms with E-state index in [2.05, 4.69) is 12.1 Å². The van der Waals surface area contributed by atoms with Crippen molar-refractivity contribution in [2.24, 2.45) is 0 Å². The number of carbonyl (C=O) groups excluding carboxylic acids is 1. The first kappa shape index (κ1) is 13.5. The van der Waals surface area contributed by atoms with Crippen molar-refractivity contribution in [3.05, 3.63) is 29.3 Å². The van der Waals surface area contributed by atoms with Crippen LogP contribution >= 0.6 is 0 Å². The predicted molar refractivity (Wildman–Crippen MR) is 79.0 cm³/mol. The molecule has 0 atom stereocenters. The van der Waals surface area contributed by atoms with E-state index in [1.807, 2.05) is 11.0 Å². The highest BCUT2D eigenvalue weighted by atomic mass is 16.5. The number of hydrogen-bond donors (Lipinski definition) is 0. The van der Waals surface area contributed by atoms with Crippen molar-refractivity contribution in [2.45, 2.75) is 44.9 Å². The molecule has 1 heterocycles. The van der Waals surface area contributed by atoms with E-state index in [4.69, 9.17) is 4.74 Å². The zero-order chi connectivity index (χ0) is 13.8. The van der Waals surface area contributed by atoms with Crippen LogP contribution in [0.5, 0.6) is 5.75 Å². The quantitative estimate of drug-likeness (QED) is 0.847. The minimum absolute atomic E-state index is 0.127. The van der Waals surface area contributed by atoms with Crippen LogP contribution in [-0.4, -0.2) is 30.5 Å². The zero-order valence-corrected chi connectivity index (χ0v) is 12.1. The van der Waals surface area contributed by atoms with Crippen molar-refractivity contribution in [3.8, 4) is 5.75 Å². The summed E-state index contributed by atoms with van der Waals surface area (Å²) < 4.78 is 5.70. The average molecular weight is 273 g/mol. The molecule has 1 aromatic carbocycles. The number of nitrogens with zero attached hydrogens (tertiary/aromatic N) is 1. The van der Waals surface area contributed by atoms with Crippen LogP contribution in [0.3, 0.4) is 0 Å². The molecule has 0 unspecified atom stereocenters. The molecule has 3 heteroatoms. The van der Waals surface area contributed by atoms with E-state index in [1.165, 1.54) is 36.8 Å². The summed E-state index contributed by atoms with van der Waals surface area (Å²) in [6.07, 6.45) is 8.39. The molecule has 1 fully saturated rings. The normalized spacial score (nSPS) is 18.5. The number of likely N-dealkylation sites (tertiary alicyclic amines) is 1. The molecule has 0 bridgehead atoms. The molecule has 1 amide bonds. The molecular formula is C17H23NO2. The van der Waals surface area contributed by atoms with Gasteiger partial charge in [0.15, 0.2) is 6.61 Å². The van der Waals surface area contributed by atoms with Crippen LogP contribution < -0.4 is 4.74 Å². The van der Waals surface area contributed by atoms with E-state index < -0.39 is 0 Å². The van der Waals surface area contributed by atoms with Gasteiger partial charge in [-0.1, -0.05) is 6.07 Å². The zero-order valence-electron chi connectivity index (χ0n) is 12.1. The van der Waals surface area contributed by atoms with E-state index >= 15 is 0 Å². The monoisotopic (exact) mass is 273 g/mol. The molecule has 1 aliphatic carbocycles. The van der Waals surface area contributed by atoms with Crippen molar-refractivity contribution in [2.75, 3.05) is 19.7 Å². The van der Waals surface area contributed by atoms with Gasteiger partial charge in [-0.25, -0.2) is 0 Å². The predicted octanol–water partition coefficient (Wildman–Crippen LogP) is 2.96. The minimum atomic E-state index is 0.127. The average Bonchev–Trinajstić information content (AvgIpc) is 2.53. The van der Waals surface area contributed by atoms with Gasteiger partial charge in [-0.3, -0.25) is 4.79 Å². The lowest BCUT2D eigenvalue weighted by Gasteiger charge is -2.26. The fourth-order valence-corrected chi connectivity index (χ4v) is 3.18. The lowest BCUT2D eigenvalue weighted by Crippen LogP contribution is -2.38. The standard InChI is InChI=1S/C17H23NO2/c19-17(18-10-4-1-5-11-18)13-20-16-9-8-14-6-2-3-7-15(14)12-16/h8-9,12H,1-7,10-11,13H2. The van der Waals surface area contributed by atoms with Crippen LogP contribution in [0.2, 0.25) is 0 Å². The largest absolute Gasteiger partial charge is 0.484 e. The van der Waals surface area contributed by atoms with E-state index in [0.717, 1.165) is 38.1 Å². The molecule has 0 N–H and O–H groups in total. The van der Waals surface area contributed by atoms with Gasteiger partial charge in [0, 0.05) is 13.1 Å². The van der Waals surface area contributed by atoms with Crippen LogP contribution in [0.4, 0.5) is 0 Å². The van der Waals surface area contributed by atoms with E-state index in [-0.39, 0.29) is 12.5 Å². The Bertz CT molecular complexity index is 478. The fourth-order valence-electron chi connectivity index (χ4n) is 3.18. The third kappa shape index (κ3) is 3.14. The van der Waals surface area contributed by atoms with Crippen LogP contribution in [0.15, 0.2) is 18.2 Å². The van der Waals surface area contributed by atoms with Gasteiger partial charge >= 0.3 is 0 Å². The highest BCUT2D eigenvalue weighted by molar-refractivity contribution is 5.77. The molecule has 108 valence electrons. The Morgan fingerprint density at radius 2 is 1.75 bits per heavy atom. The number of benzene rings is 1. The molecule has 0 spiro atoms. The molecule has 20 heavy (non-hydrogen) atoms. The molecule has 1 aliphatic heterocycles. The Kier molecular flexibility index (Phi) is 4.24. The van der Waals surface area contributed by atoms with Crippen LogP contribution in [0, 0.1) is 0 Å². The highest BCUT2D eigenvalue weighted by Crippen LogP contribution is 2.25. The van der Waals surface area contributed by atoms with Gasteiger partial charge in [0.05, 0.1) is 0 Å². The fraction of sp³-hybridized carbons (Fsp3) is 0.588. The number of amides is 1. The number of fused-ring (bicyclic) bond motifs is 1. The molecular weight excluding hydrogens is 250 g/mol. The van der Waals surface area contributed by atoms with Crippen LogP contribution in [0.25, 0.3) is 0 Å². The van der Waals surface area contributed by atoms with E-state index in [0.29, 0.717) is 0 Å². The summed E-state index contributed by atoms with van der Waals surface area (Å²) in [7, 11) is 0. The van der Waals surface area contributed by atoms with Gasteiger partial charge in [-0.05, 0) is 68.2 Å². The maximum absolute atomic E-state index is 12.1. The Balaban J connectivity index is 1.56. The topological polar surface area (TPSA) is 29.5 Å². The Hall–Kier alpha value is -1.51. The second kappa shape index (κ2) is 6.29. The summed E-state index contributed by atoms with van der Waals surface area (Å²) in [5, 5.41) is 0. The Labute approximate surface area is 120 Å². The first-order chi connectivity index (χ1) is 9.83. The van der Waals surface area contributed by atoms with Crippen molar-refractivity contribution in [3.63, 3.8) is 0 Å². The first-order valence-corrected chi connectivity index (χ1v) is 7.85. The minimum Gasteiger partial charge on any atom is -0.484 e. The highest BCUT2D eigenvalue weighted by Gasteiger charge is 2.17. The van der Waals surface area contributed by atoms with Crippen molar-refractivity contribution in [1.82, 2.24) is 4.90 Å². The van der Waals surface area contributed by atoms with Crippen molar-refractivity contribution in [1.29, 1.82) is 0 Å². The number of piperidine rings is 1. The molecule has 0 aromatic heterocycles. The van der Waals surface area contributed by atoms with Gasteiger partial charge in [0.2, 0.25) is 0 Å². The van der Waals surface area contributed by atoms with Gasteiger partial charge in [0.25, 0.3) is 5.91 Å². The molecule has 3 nitrogen and oxygen atoms in total. The first-order valence-electron chi connectivity index (χ1n) is 7.85. The third-order valence-electron chi connectivity index (χ3n) is 4.39. The Morgan fingerprint density at radius 1 is 1.00 bits per heavy atom. The van der Waals surface area contributed by atoms with Gasteiger partial charge in [-0.15, -0.1) is 0 Å². The second-order valence-electron chi connectivity index (χ2n) is 5.87. The number of hydrogen-bond acceptors (Lipinski definition) is 2. The number of ether oxygens (including phenoxy) is 1. The van der Waals surface area contributed by atoms with Gasteiger partial charge in [0.1, 0.15) is 5.75 Å². The number of carbonyl (C=O) groups is 1. The Morgan fingerprint density at radius 3 is 2.55 bits per heavy atom. The summed E-state index contributed by atoms with van der Waals surface area (Å²) in [6, 6.07) is 6.29. The van der Waals surface area contributed by atoms with Gasteiger partial charge in [-0.2, -0.15) is 0 Å². The molecule has 0 saturated carbocycles. The number of aryl methyl sites for hydroxylation is 2.